The number of nitrogens with one attached hydrogen (secondary N) is 1. The van der Waals surface area contributed by atoms with Gasteiger partial charge in [-0.3, -0.25) is 5.32 Å². The van der Waals surface area contributed by atoms with Gasteiger partial charge in [0.25, 0.3) is 0 Å². The van der Waals surface area contributed by atoms with Gasteiger partial charge in [0.2, 0.25) is 0 Å². The number of carbonyl (C=O) groups is 2. The van der Waals surface area contributed by atoms with Gasteiger partial charge in [-0.2, -0.15) is 0 Å². The van der Waals surface area contributed by atoms with Crippen LogP contribution in [-0.4, -0.2) is 23.8 Å². The number of carboxylic acid groups (broad SMARTS) is 1. The lowest BCUT2D eigenvalue weighted by Crippen LogP contribution is -2.17. The van der Waals surface area contributed by atoms with Crippen molar-refractivity contribution in [1.29, 1.82) is 0 Å². The van der Waals surface area contributed by atoms with E-state index in [2.05, 4.69) is 5.32 Å². The van der Waals surface area contributed by atoms with Gasteiger partial charge < -0.3 is 9.84 Å². The molecule has 0 aliphatic heterocycles. The minimum Gasteiger partial charge on any atom is -0.478 e. The predicted molar refractivity (Wildman–Crippen MR) is 63.2 cm³/mol. The Labute approximate surface area is 104 Å². The standard InChI is InChI=1S/C12H14FNO4/c1-2-3-7-18-12(17)14-10-8(11(15)16)5-4-6-9(10)13/h4-6H,2-3,7H2,1H3,(H,14,17)(H,15,16). The molecule has 6 heteroatoms. The Balaban J connectivity index is 2.77. The Morgan fingerprint density at radius 3 is 2.78 bits per heavy atom. The van der Waals surface area contributed by atoms with Crippen LogP contribution in [0.4, 0.5) is 14.9 Å². The molecular weight excluding hydrogens is 241 g/mol. The molecule has 1 amide bonds. The fourth-order valence-electron chi connectivity index (χ4n) is 1.28. The molecule has 0 saturated heterocycles. The van der Waals surface area contributed by atoms with E-state index in [9.17, 15) is 14.0 Å². The van der Waals surface area contributed by atoms with Gasteiger partial charge >= 0.3 is 12.1 Å². The average Bonchev–Trinajstić information content (AvgIpc) is 2.31. The number of carbonyl (C=O) groups excluding carboxylic acids is 1. The number of hydrogen-bond acceptors (Lipinski definition) is 3. The summed E-state index contributed by atoms with van der Waals surface area (Å²) in [6.07, 6.45) is 0.681. The van der Waals surface area contributed by atoms with Crippen molar-refractivity contribution in [2.75, 3.05) is 11.9 Å². The van der Waals surface area contributed by atoms with Crippen LogP contribution in [0.25, 0.3) is 0 Å². The number of amides is 1. The molecule has 1 rings (SSSR count). The fourth-order valence-corrected chi connectivity index (χ4v) is 1.28. The van der Waals surface area contributed by atoms with Crippen LogP contribution in [0.1, 0.15) is 30.1 Å². The van der Waals surface area contributed by atoms with Gasteiger partial charge in [-0.1, -0.05) is 19.4 Å². The van der Waals surface area contributed by atoms with Crippen LogP contribution in [0.2, 0.25) is 0 Å². The third-order valence-corrected chi connectivity index (χ3v) is 2.20. The third-order valence-electron chi connectivity index (χ3n) is 2.20. The fraction of sp³-hybridized carbons (Fsp3) is 0.333. The zero-order chi connectivity index (χ0) is 13.5. The topological polar surface area (TPSA) is 75.6 Å². The molecule has 0 aliphatic carbocycles. The van der Waals surface area contributed by atoms with Crippen LogP contribution in [0.3, 0.4) is 0 Å². The molecule has 1 aromatic carbocycles. The monoisotopic (exact) mass is 255 g/mol. The number of unbranched alkanes of at least 4 members (excludes halogenated alkanes) is 1. The maximum atomic E-state index is 13.4. The Hall–Kier alpha value is -2.11. The molecule has 0 atom stereocenters. The SMILES string of the molecule is CCCCOC(=O)Nc1c(F)cccc1C(=O)O. The van der Waals surface area contributed by atoms with Gasteiger partial charge in [-0.25, -0.2) is 14.0 Å². The molecule has 18 heavy (non-hydrogen) atoms. The molecule has 0 bridgehead atoms. The molecule has 1 aromatic rings. The summed E-state index contributed by atoms with van der Waals surface area (Å²) in [6, 6.07) is 3.52. The van der Waals surface area contributed by atoms with E-state index < -0.39 is 17.9 Å². The minimum atomic E-state index is -1.32. The van der Waals surface area contributed by atoms with Crippen molar-refractivity contribution in [3.05, 3.63) is 29.6 Å². The molecule has 0 aromatic heterocycles. The summed E-state index contributed by atoms with van der Waals surface area (Å²) >= 11 is 0. The molecule has 98 valence electrons. The van der Waals surface area contributed by atoms with Gasteiger partial charge in [0, 0.05) is 0 Å². The van der Waals surface area contributed by atoms with E-state index in [0.29, 0.717) is 6.42 Å². The van der Waals surface area contributed by atoms with Crippen LogP contribution >= 0.6 is 0 Å². The second-order valence-electron chi connectivity index (χ2n) is 3.58. The first kappa shape index (κ1) is 14.0. The number of rotatable bonds is 5. The summed E-state index contributed by atoms with van der Waals surface area (Å²) in [5.41, 5.74) is -0.700. The number of ether oxygens (including phenoxy) is 1. The number of hydrogen-bond donors (Lipinski definition) is 2. The molecular formula is C12H14FNO4. The zero-order valence-electron chi connectivity index (χ0n) is 9.90. The molecule has 0 heterocycles. The number of halogens is 1. The van der Waals surface area contributed by atoms with Gasteiger partial charge in [-0.15, -0.1) is 0 Å². The van der Waals surface area contributed by atoms with E-state index in [1.165, 1.54) is 12.1 Å². The van der Waals surface area contributed by atoms with Crippen molar-refractivity contribution in [3.63, 3.8) is 0 Å². The number of carboxylic acids is 1. The summed E-state index contributed by atoms with van der Waals surface area (Å²) < 4.78 is 18.2. The maximum Gasteiger partial charge on any atom is 0.411 e. The number of anilines is 1. The molecule has 0 radical (unpaired) electrons. The minimum absolute atomic E-state index is 0.208. The lowest BCUT2D eigenvalue weighted by atomic mass is 10.1. The largest absolute Gasteiger partial charge is 0.478 e. The Morgan fingerprint density at radius 1 is 1.44 bits per heavy atom. The van der Waals surface area contributed by atoms with Crippen molar-refractivity contribution in [3.8, 4) is 0 Å². The molecule has 5 nitrogen and oxygen atoms in total. The Morgan fingerprint density at radius 2 is 2.17 bits per heavy atom. The van der Waals surface area contributed by atoms with Gasteiger partial charge in [0.1, 0.15) is 5.82 Å². The first-order valence-corrected chi connectivity index (χ1v) is 5.51. The molecule has 2 N–H and O–H groups in total. The molecule has 0 saturated carbocycles. The lowest BCUT2D eigenvalue weighted by Gasteiger charge is -2.09. The van der Waals surface area contributed by atoms with Crippen molar-refractivity contribution in [1.82, 2.24) is 0 Å². The molecule has 0 aliphatic rings. The summed E-state index contributed by atoms with van der Waals surface area (Å²) in [5, 5.41) is 11.0. The number of aromatic carboxylic acids is 1. The zero-order valence-corrected chi connectivity index (χ0v) is 9.90. The van der Waals surface area contributed by atoms with E-state index in [-0.39, 0.29) is 17.9 Å². The van der Waals surface area contributed by atoms with Crippen LogP contribution < -0.4 is 5.32 Å². The average molecular weight is 255 g/mol. The maximum absolute atomic E-state index is 13.4. The highest BCUT2D eigenvalue weighted by Crippen LogP contribution is 2.20. The van der Waals surface area contributed by atoms with Gasteiger partial charge in [0.15, 0.2) is 0 Å². The van der Waals surface area contributed by atoms with E-state index in [0.717, 1.165) is 12.5 Å². The molecule has 0 unspecified atom stereocenters. The molecule has 0 spiro atoms. The first-order valence-electron chi connectivity index (χ1n) is 5.51. The number of benzene rings is 1. The highest BCUT2D eigenvalue weighted by molar-refractivity contribution is 5.98. The van der Waals surface area contributed by atoms with Gasteiger partial charge in [0.05, 0.1) is 17.9 Å². The highest BCUT2D eigenvalue weighted by Gasteiger charge is 2.16. The smallest absolute Gasteiger partial charge is 0.411 e. The third kappa shape index (κ3) is 3.73. The second kappa shape index (κ2) is 6.58. The highest BCUT2D eigenvalue weighted by atomic mass is 19.1. The Kier molecular flexibility index (Phi) is 5.10. The van der Waals surface area contributed by atoms with Crippen LogP contribution in [0, 0.1) is 5.82 Å². The predicted octanol–water partition coefficient (Wildman–Crippen LogP) is 2.87. The quantitative estimate of drug-likeness (QED) is 0.793. The summed E-state index contributed by atoms with van der Waals surface area (Å²) in [7, 11) is 0. The van der Waals surface area contributed by atoms with Crippen LogP contribution in [0.15, 0.2) is 18.2 Å². The van der Waals surface area contributed by atoms with E-state index in [1.54, 1.807) is 0 Å². The number of para-hydroxylation sites is 1. The summed E-state index contributed by atoms with van der Waals surface area (Å²) in [4.78, 5) is 22.2. The van der Waals surface area contributed by atoms with Gasteiger partial charge in [-0.05, 0) is 18.6 Å². The van der Waals surface area contributed by atoms with Crippen LogP contribution in [0.5, 0.6) is 0 Å². The van der Waals surface area contributed by atoms with Crippen LogP contribution in [-0.2, 0) is 4.74 Å². The first-order chi connectivity index (χ1) is 8.56. The van der Waals surface area contributed by atoms with Crippen molar-refractivity contribution >= 4 is 17.7 Å². The van der Waals surface area contributed by atoms with E-state index >= 15 is 0 Å². The van der Waals surface area contributed by atoms with Crippen molar-refractivity contribution < 1.29 is 23.8 Å². The van der Waals surface area contributed by atoms with Crippen molar-refractivity contribution in [2.45, 2.75) is 19.8 Å². The summed E-state index contributed by atoms with van der Waals surface area (Å²) in [5.74, 6) is -2.14. The normalized spacial score (nSPS) is 9.89. The second-order valence-corrected chi connectivity index (χ2v) is 3.58. The molecule has 0 fully saturated rings. The van der Waals surface area contributed by atoms with Crippen molar-refractivity contribution in [2.24, 2.45) is 0 Å². The van der Waals surface area contributed by atoms with E-state index in [1.807, 2.05) is 6.92 Å². The lowest BCUT2D eigenvalue weighted by molar-refractivity contribution is 0.0697. The summed E-state index contributed by atoms with van der Waals surface area (Å²) in [6.45, 7) is 2.14. The van der Waals surface area contributed by atoms with E-state index in [4.69, 9.17) is 9.84 Å². The Bertz CT molecular complexity index is 448.